The quantitative estimate of drug-likeness (QED) is 0.697. The fourth-order valence-electron chi connectivity index (χ4n) is 1.34. The number of nitrogens with zero attached hydrogens (tertiary/aromatic N) is 1. The van der Waals surface area contributed by atoms with Gasteiger partial charge in [-0.1, -0.05) is 6.92 Å². The summed E-state index contributed by atoms with van der Waals surface area (Å²) < 4.78 is 1.98. The highest BCUT2D eigenvalue weighted by Crippen LogP contribution is 2.09. The largest absolute Gasteiger partial charge is 0.355 e. The average Bonchev–Trinajstić information content (AvgIpc) is 2.45. The fraction of sp³-hybridized carbons (Fsp3) is 0.444. The standard InChI is InChI=1S/C9H14N2O/c1-4-8-7(9(12)10-2)5-6-11(8)3/h5-6H,4H2,1-3H3,(H,10,12). The molecule has 1 amide bonds. The number of nitrogens with one attached hydrogen (secondary N) is 1. The van der Waals surface area contributed by atoms with Crippen molar-refractivity contribution < 1.29 is 4.79 Å². The smallest absolute Gasteiger partial charge is 0.252 e. The number of aromatic nitrogens is 1. The first-order valence-electron chi connectivity index (χ1n) is 4.07. The molecule has 0 bridgehead atoms. The number of carbonyl (C=O) groups is 1. The predicted molar refractivity (Wildman–Crippen MR) is 48.2 cm³/mol. The molecule has 0 aliphatic carbocycles. The third-order valence-corrected chi connectivity index (χ3v) is 2.01. The molecule has 0 saturated heterocycles. The third kappa shape index (κ3) is 1.35. The molecule has 0 radical (unpaired) electrons. The molecule has 0 aliphatic heterocycles. The van der Waals surface area contributed by atoms with E-state index in [0.717, 1.165) is 17.7 Å². The number of hydrogen-bond donors (Lipinski definition) is 1. The molecule has 12 heavy (non-hydrogen) atoms. The molecule has 0 spiro atoms. The first-order chi connectivity index (χ1) is 5.70. The van der Waals surface area contributed by atoms with Crippen molar-refractivity contribution in [3.63, 3.8) is 0 Å². The van der Waals surface area contributed by atoms with Crippen molar-refractivity contribution in [3.8, 4) is 0 Å². The molecule has 66 valence electrons. The zero-order valence-corrected chi connectivity index (χ0v) is 7.72. The number of carbonyl (C=O) groups excluding carboxylic acids is 1. The van der Waals surface area contributed by atoms with Crippen LogP contribution in [0.15, 0.2) is 12.3 Å². The summed E-state index contributed by atoms with van der Waals surface area (Å²) in [6.45, 7) is 2.04. The van der Waals surface area contributed by atoms with E-state index >= 15 is 0 Å². The van der Waals surface area contributed by atoms with Crippen LogP contribution in [0, 0.1) is 0 Å². The lowest BCUT2D eigenvalue weighted by atomic mass is 10.2. The summed E-state index contributed by atoms with van der Waals surface area (Å²) in [5.41, 5.74) is 1.86. The van der Waals surface area contributed by atoms with Crippen LogP contribution < -0.4 is 5.32 Å². The van der Waals surface area contributed by atoms with Crippen LogP contribution in [0.2, 0.25) is 0 Å². The van der Waals surface area contributed by atoms with Gasteiger partial charge in [-0.05, 0) is 12.5 Å². The van der Waals surface area contributed by atoms with Crippen LogP contribution in [-0.4, -0.2) is 17.5 Å². The summed E-state index contributed by atoms with van der Waals surface area (Å²) in [4.78, 5) is 11.3. The molecular weight excluding hydrogens is 152 g/mol. The molecular formula is C9H14N2O. The van der Waals surface area contributed by atoms with Crippen molar-refractivity contribution in [2.24, 2.45) is 7.05 Å². The summed E-state index contributed by atoms with van der Waals surface area (Å²) in [5, 5.41) is 2.62. The van der Waals surface area contributed by atoms with E-state index in [-0.39, 0.29) is 5.91 Å². The van der Waals surface area contributed by atoms with Crippen molar-refractivity contribution in [2.75, 3.05) is 7.05 Å². The van der Waals surface area contributed by atoms with E-state index in [2.05, 4.69) is 5.32 Å². The molecule has 0 fully saturated rings. The molecule has 1 aromatic rings. The summed E-state index contributed by atoms with van der Waals surface area (Å²) in [5.74, 6) is -0.00699. The first kappa shape index (κ1) is 8.84. The lowest BCUT2D eigenvalue weighted by Gasteiger charge is -2.02. The Hall–Kier alpha value is -1.25. The minimum atomic E-state index is -0.00699. The van der Waals surface area contributed by atoms with E-state index in [1.54, 1.807) is 7.05 Å². The molecule has 0 unspecified atom stereocenters. The molecule has 0 atom stereocenters. The summed E-state index contributed by atoms with van der Waals surface area (Å²) in [6.07, 6.45) is 2.79. The van der Waals surface area contributed by atoms with E-state index in [0.29, 0.717) is 0 Å². The highest BCUT2D eigenvalue weighted by molar-refractivity contribution is 5.95. The predicted octanol–water partition coefficient (Wildman–Crippen LogP) is 0.947. The second kappa shape index (κ2) is 3.43. The van der Waals surface area contributed by atoms with Crippen LogP contribution in [0.1, 0.15) is 23.0 Å². The van der Waals surface area contributed by atoms with Gasteiger partial charge in [-0.25, -0.2) is 0 Å². The van der Waals surface area contributed by atoms with Crippen LogP contribution in [0.25, 0.3) is 0 Å². The van der Waals surface area contributed by atoms with Crippen molar-refractivity contribution in [1.29, 1.82) is 0 Å². The van der Waals surface area contributed by atoms with Gasteiger partial charge < -0.3 is 9.88 Å². The number of aryl methyl sites for hydroxylation is 1. The maximum atomic E-state index is 11.3. The summed E-state index contributed by atoms with van der Waals surface area (Å²) >= 11 is 0. The van der Waals surface area contributed by atoms with E-state index in [1.165, 1.54) is 0 Å². The van der Waals surface area contributed by atoms with Gasteiger partial charge in [-0.2, -0.15) is 0 Å². The Kier molecular flexibility index (Phi) is 2.53. The van der Waals surface area contributed by atoms with Gasteiger partial charge in [0.25, 0.3) is 5.91 Å². The van der Waals surface area contributed by atoms with Gasteiger partial charge in [-0.3, -0.25) is 4.79 Å². The Labute approximate surface area is 72.4 Å². The Morgan fingerprint density at radius 1 is 1.67 bits per heavy atom. The topological polar surface area (TPSA) is 34.0 Å². The van der Waals surface area contributed by atoms with Crippen LogP contribution in [0.3, 0.4) is 0 Å². The maximum Gasteiger partial charge on any atom is 0.252 e. The molecule has 1 heterocycles. The Morgan fingerprint density at radius 3 is 2.83 bits per heavy atom. The SMILES string of the molecule is CCc1c(C(=O)NC)ccn1C. The highest BCUT2D eigenvalue weighted by Gasteiger charge is 2.10. The molecule has 1 N–H and O–H groups in total. The van der Waals surface area contributed by atoms with Crippen LogP contribution >= 0.6 is 0 Å². The number of hydrogen-bond acceptors (Lipinski definition) is 1. The van der Waals surface area contributed by atoms with Crippen LogP contribution in [0.4, 0.5) is 0 Å². The third-order valence-electron chi connectivity index (χ3n) is 2.01. The van der Waals surface area contributed by atoms with E-state index in [9.17, 15) is 4.79 Å². The average molecular weight is 166 g/mol. The van der Waals surface area contributed by atoms with Crippen molar-refractivity contribution >= 4 is 5.91 Å². The molecule has 0 saturated carbocycles. The van der Waals surface area contributed by atoms with Crippen LogP contribution in [0.5, 0.6) is 0 Å². The molecule has 3 heteroatoms. The van der Waals surface area contributed by atoms with Gasteiger partial charge in [-0.15, -0.1) is 0 Å². The lowest BCUT2D eigenvalue weighted by Crippen LogP contribution is -2.19. The maximum absolute atomic E-state index is 11.3. The lowest BCUT2D eigenvalue weighted by molar-refractivity contribution is 0.0962. The molecule has 1 aromatic heterocycles. The highest BCUT2D eigenvalue weighted by atomic mass is 16.1. The first-order valence-corrected chi connectivity index (χ1v) is 4.07. The molecule has 0 aliphatic rings. The van der Waals surface area contributed by atoms with Gasteiger partial charge in [0.1, 0.15) is 0 Å². The molecule has 3 nitrogen and oxygen atoms in total. The number of rotatable bonds is 2. The summed E-state index contributed by atoms with van der Waals surface area (Å²) in [6, 6.07) is 1.84. The fourth-order valence-corrected chi connectivity index (χ4v) is 1.34. The van der Waals surface area contributed by atoms with Crippen molar-refractivity contribution in [1.82, 2.24) is 9.88 Å². The molecule has 0 aromatic carbocycles. The second-order valence-corrected chi connectivity index (χ2v) is 2.72. The minimum absolute atomic E-state index is 0.00699. The number of amides is 1. The Bertz CT molecular complexity index is 289. The van der Waals surface area contributed by atoms with Crippen molar-refractivity contribution in [2.45, 2.75) is 13.3 Å². The second-order valence-electron chi connectivity index (χ2n) is 2.72. The van der Waals surface area contributed by atoms with Gasteiger partial charge in [0.15, 0.2) is 0 Å². The van der Waals surface area contributed by atoms with E-state index in [1.807, 2.05) is 30.8 Å². The van der Waals surface area contributed by atoms with Crippen LogP contribution in [-0.2, 0) is 13.5 Å². The van der Waals surface area contributed by atoms with E-state index in [4.69, 9.17) is 0 Å². The van der Waals surface area contributed by atoms with Crippen molar-refractivity contribution in [3.05, 3.63) is 23.5 Å². The van der Waals surface area contributed by atoms with Gasteiger partial charge in [0.2, 0.25) is 0 Å². The molecule has 1 rings (SSSR count). The summed E-state index contributed by atoms with van der Waals surface area (Å²) in [7, 11) is 3.60. The Morgan fingerprint density at radius 2 is 2.33 bits per heavy atom. The van der Waals surface area contributed by atoms with Gasteiger partial charge in [0.05, 0.1) is 5.56 Å². The van der Waals surface area contributed by atoms with E-state index < -0.39 is 0 Å². The normalized spacial score (nSPS) is 9.92. The minimum Gasteiger partial charge on any atom is -0.355 e. The monoisotopic (exact) mass is 166 g/mol. The van der Waals surface area contributed by atoms with Gasteiger partial charge in [0, 0.05) is 26.0 Å². The Balaban J connectivity index is 3.07. The zero-order valence-electron chi connectivity index (χ0n) is 7.72. The van der Waals surface area contributed by atoms with Gasteiger partial charge >= 0.3 is 0 Å². The zero-order chi connectivity index (χ0) is 9.14.